The Balaban J connectivity index is 1.81. The van der Waals surface area contributed by atoms with Crippen molar-refractivity contribution < 1.29 is 4.74 Å². The van der Waals surface area contributed by atoms with Crippen molar-refractivity contribution in [1.82, 2.24) is 4.98 Å². The smallest absolute Gasteiger partial charge is 0.127 e. The Kier molecular flexibility index (Phi) is 3.30. The van der Waals surface area contributed by atoms with Gasteiger partial charge in [-0.05, 0) is 36.8 Å². The average Bonchev–Trinajstić information content (AvgIpc) is 2.84. The highest BCUT2D eigenvalue weighted by atomic mass is 35.5. The zero-order chi connectivity index (χ0) is 13.2. The van der Waals surface area contributed by atoms with Crippen molar-refractivity contribution in [3.05, 3.63) is 52.2 Å². The van der Waals surface area contributed by atoms with Gasteiger partial charge in [0.15, 0.2) is 0 Å². The van der Waals surface area contributed by atoms with Crippen molar-refractivity contribution in [2.24, 2.45) is 0 Å². The van der Waals surface area contributed by atoms with Crippen molar-refractivity contribution in [3.8, 4) is 5.75 Å². The van der Waals surface area contributed by atoms with Gasteiger partial charge in [0.1, 0.15) is 11.6 Å². The molecule has 1 aliphatic rings. The second kappa shape index (κ2) is 5.10. The molecule has 0 spiro atoms. The fourth-order valence-corrected chi connectivity index (χ4v) is 2.57. The summed E-state index contributed by atoms with van der Waals surface area (Å²) in [6, 6.07) is 9.86. The number of aryl methyl sites for hydroxylation is 1. The molecule has 4 heteroatoms. The van der Waals surface area contributed by atoms with E-state index in [1.807, 2.05) is 37.3 Å². The molecular formula is C15H15ClN2O. The molecule has 2 heterocycles. The molecular weight excluding hydrogens is 260 g/mol. The summed E-state index contributed by atoms with van der Waals surface area (Å²) in [6.45, 7) is 3.39. The molecule has 1 aromatic heterocycles. The van der Waals surface area contributed by atoms with Gasteiger partial charge in [-0.1, -0.05) is 17.7 Å². The Morgan fingerprint density at radius 3 is 3.11 bits per heavy atom. The molecule has 0 radical (unpaired) electrons. The fourth-order valence-electron chi connectivity index (χ4n) is 2.30. The Bertz CT molecular complexity index is 613. The Hall–Kier alpha value is -1.74. The lowest BCUT2D eigenvalue weighted by molar-refractivity contribution is 0.354. The van der Waals surface area contributed by atoms with Gasteiger partial charge >= 0.3 is 0 Å². The summed E-state index contributed by atoms with van der Waals surface area (Å²) >= 11 is 6.14. The monoisotopic (exact) mass is 274 g/mol. The third kappa shape index (κ3) is 2.66. The first-order valence-electron chi connectivity index (χ1n) is 6.34. The van der Waals surface area contributed by atoms with E-state index in [2.05, 4.69) is 10.3 Å². The number of nitrogens with one attached hydrogen (secondary N) is 1. The van der Waals surface area contributed by atoms with Crippen LogP contribution >= 0.6 is 11.6 Å². The van der Waals surface area contributed by atoms with Crippen LogP contribution in [0.5, 0.6) is 5.75 Å². The molecule has 0 unspecified atom stereocenters. The van der Waals surface area contributed by atoms with Gasteiger partial charge < -0.3 is 10.1 Å². The molecule has 0 saturated carbocycles. The molecule has 0 amide bonds. The highest BCUT2D eigenvalue weighted by Crippen LogP contribution is 2.33. The number of halogens is 1. The molecule has 19 heavy (non-hydrogen) atoms. The van der Waals surface area contributed by atoms with Gasteiger partial charge in [0.2, 0.25) is 0 Å². The third-order valence-corrected chi connectivity index (χ3v) is 3.39. The lowest BCUT2D eigenvalue weighted by atomic mass is 10.1. The first-order valence-corrected chi connectivity index (χ1v) is 6.72. The largest absolute Gasteiger partial charge is 0.493 e. The predicted octanol–water partition coefficient (Wildman–Crippen LogP) is 3.59. The topological polar surface area (TPSA) is 34.1 Å². The maximum absolute atomic E-state index is 6.14. The highest BCUT2D eigenvalue weighted by Gasteiger charge is 2.17. The van der Waals surface area contributed by atoms with Crippen LogP contribution in [0.4, 0.5) is 5.82 Å². The first-order chi connectivity index (χ1) is 9.22. The van der Waals surface area contributed by atoms with E-state index in [0.717, 1.165) is 40.9 Å². The van der Waals surface area contributed by atoms with E-state index >= 15 is 0 Å². The van der Waals surface area contributed by atoms with Crippen LogP contribution in [0.3, 0.4) is 0 Å². The van der Waals surface area contributed by atoms with Gasteiger partial charge in [-0.25, -0.2) is 4.98 Å². The van der Waals surface area contributed by atoms with E-state index in [4.69, 9.17) is 16.3 Å². The van der Waals surface area contributed by atoms with E-state index in [0.29, 0.717) is 6.54 Å². The van der Waals surface area contributed by atoms with Gasteiger partial charge in [0.05, 0.1) is 6.61 Å². The lowest BCUT2D eigenvalue weighted by Crippen LogP contribution is -2.03. The molecule has 0 bridgehead atoms. The van der Waals surface area contributed by atoms with Crippen LogP contribution in [0.25, 0.3) is 0 Å². The minimum Gasteiger partial charge on any atom is -0.493 e. The first kappa shape index (κ1) is 12.3. The minimum absolute atomic E-state index is 0.666. The van der Waals surface area contributed by atoms with Gasteiger partial charge in [0.25, 0.3) is 0 Å². The molecule has 0 aliphatic carbocycles. The molecule has 0 saturated heterocycles. The average molecular weight is 275 g/mol. The van der Waals surface area contributed by atoms with Crippen LogP contribution < -0.4 is 10.1 Å². The van der Waals surface area contributed by atoms with Gasteiger partial charge in [-0.2, -0.15) is 0 Å². The van der Waals surface area contributed by atoms with Gasteiger partial charge in [-0.3, -0.25) is 0 Å². The van der Waals surface area contributed by atoms with Gasteiger partial charge in [0, 0.05) is 29.2 Å². The molecule has 1 aliphatic heterocycles. The van der Waals surface area contributed by atoms with Crippen LogP contribution in [0.1, 0.15) is 16.8 Å². The van der Waals surface area contributed by atoms with Crippen LogP contribution in [-0.2, 0) is 13.0 Å². The number of aromatic nitrogens is 1. The van der Waals surface area contributed by atoms with E-state index in [-0.39, 0.29) is 0 Å². The second-order valence-electron chi connectivity index (χ2n) is 4.67. The summed E-state index contributed by atoms with van der Waals surface area (Å²) in [6.07, 6.45) is 0.936. The van der Waals surface area contributed by atoms with E-state index in [9.17, 15) is 0 Å². The number of nitrogens with zero attached hydrogens (tertiary/aromatic N) is 1. The maximum Gasteiger partial charge on any atom is 0.127 e. The van der Waals surface area contributed by atoms with Crippen LogP contribution in [-0.4, -0.2) is 11.6 Å². The maximum atomic E-state index is 6.14. The summed E-state index contributed by atoms with van der Waals surface area (Å²) in [4.78, 5) is 4.42. The van der Waals surface area contributed by atoms with Crippen molar-refractivity contribution in [2.45, 2.75) is 19.9 Å². The van der Waals surface area contributed by atoms with E-state index < -0.39 is 0 Å². The predicted molar refractivity (Wildman–Crippen MR) is 77.0 cm³/mol. The Labute approximate surface area is 117 Å². The molecule has 3 nitrogen and oxygen atoms in total. The molecule has 2 aromatic rings. The number of ether oxygens (including phenoxy) is 1. The fraction of sp³-hybridized carbons (Fsp3) is 0.267. The summed E-state index contributed by atoms with van der Waals surface area (Å²) in [5.41, 5.74) is 3.28. The minimum atomic E-state index is 0.666. The summed E-state index contributed by atoms with van der Waals surface area (Å²) in [5.74, 6) is 1.84. The zero-order valence-corrected chi connectivity index (χ0v) is 11.5. The SMILES string of the molecule is Cc1cccc(NCc2cc(Cl)cc3c2OCC3)n1. The standard InChI is InChI=1S/C15H15ClN2O/c1-10-3-2-4-14(18-10)17-9-12-8-13(16)7-11-5-6-19-15(11)12/h2-4,7-8H,5-6,9H2,1H3,(H,17,18). The summed E-state index contributed by atoms with van der Waals surface area (Å²) < 4.78 is 5.68. The number of pyridine rings is 1. The number of benzene rings is 1. The van der Waals surface area contributed by atoms with Crippen molar-refractivity contribution in [1.29, 1.82) is 0 Å². The zero-order valence-electron chi connectivity index (χ0n) is 10.7. The molecule has 3 rings (SSSR count). The second-order valence-corrected chi connectivity index (χ2v) is 5.11. The van der Waals surface area contributed by atoms with Crippen molar-refractivity contribution in [2.75, 3.05) is 11.9 Å². The van der Waals surface area contributed by atoms with Crippen LogP contribution in [0.2, 0.25) is 5.02 Å². The molecule has 0 fully saturated rings. The van der Waals surface area contributed by atoms with E-state index in [1.54, 1.807) is 0 Å². The third-order valence-electron chi connectivity index (χ3n) is 3.17. The summed E-state index contributed by atoms with van der Waals surface area (Å²) in [7, 11) is 0. The number of fused-ring (bicyclic) bond motifs is 1. The quantitative estimate of drug-likeness (QED) is 0.929. The Morgan fingerprint density at radius 2 is 2.26 bits per heavy atom. The number of hydrogen-bond donors (Lipinski definition) is 1. The summed E-state index contributed by atoms with van der Waals surface area (Å²) in [5, 5.41) is 4.07. The molecule has 98 valence electrons. The normalized spacial score (nSPS) is 12.9. The number of anilines is 1. The lowest BCUT2D eigenvalue weighted by Gasteiger charge is -2.11. The Morgan fingerprint density at radius 1 is 1.37 bits per heavy atom. The number of rotatable bonds is 3. The van der Waals surface area contributed by atoms with Crippen molar-refractivity contribution >= 4 is 17.4 Å². The van der Waals surface area contributed by atoms with Gasteiger partial charge in [-0.15, -0.1) is 0 Å². The van der Waals surface area contributed by atoms with Crippen LogP contribution in [0.15, 0.2) is 30.3 Å². The van der Waals surface area contributed by atoms with E-state index in [1.165, 1.54) is 5.56 Å². The molecule has 1 N–H and O–H groups in total. The highest BCUT2D eigenvalue weighted by molar-refractivity contribution is 6.30. The van der Waals surface area contributed by atoms with Crippen molar-refractivity contribution in [3.63, 3.8) is 0 Å². The van der Waals surface area contributed by atoms with Crippen LogP contribution in [0, 0.1) is 6.92 Å². The molecule has 1 aromatic carbocycles. The number of hydrogen-bond acceptors (Lipinski definition) is 3. The molecule has 0 atom stereocenters.